The number of aryl methyl sites for hydroxylation is 1. The van der Waals surface area contributed by atoms with E-state index in [0.717, 1.165) is 31.4 Å². The van der Waals surface area contributed by atoms with Crippen LogP contribution >= 0.6 is 11.3 Å². The minimum Gasteiger partial charge on any atom is -0.339 e. The number of rotatable bonds is 3. The zero-order valence-corrected chi connectivity index (χ0v) is 11.5. The lowest BCUT2D eigenvalue weighted by Crippen LogP contribution is -2.30. The molecule has 100 valence electrons. The van der Waals surface area contributed by atoms with E-state index >= 15 is 0 Å². The van der Waals surface area contributed by atoms with E-state index in [-0.39, 0.29) is 11.9 Å². The zero-order chi connectivity index (χ0) is 13.2. The van der Waals surface area contributed by atoms with E-state index < -0.39 is 0 Å². The van der Waals surface area contributed by atoms with E-state index in [1.165, 1.54) is 11.3 Å². The van der Waals surface area contributed by atoms with Crippen molar-refractivity contribution in [3.8, 4) is 0 Å². The summed E-state index contributed by atoms with van der Waals surface area (Å²) in [5.41, 5.74) is 0.746. The van der Waals surface area contributed by atoms with Crippen LogP contribution in [0.3, 0.4) is 0 Å². The Morgan fingerprint density at radius 1 is 1.63 bits per heavy atom. The van der Waals surface area contributed by atoms with Crippen molar-refractivity contribution in [3.05, 3.63) is 34.1 Å². The van der Waals surface area contributed by atoms with Gasteiger partial charge in [-0.15, -0.1) is 0 Å². The molecular weight excluding hydrogens is 262 g/mol. The number of hydrogen-bond acceptors (Lipinski definition) is 5. The number of thiophene rings is 1. The van der Waals surface area contributed by atoms with Crippen molar-refractivity contribution in [2.75, 3.05) is 6.54 Å². The summed E-state index contributed by atoms with van der Waals surface area (Å²) in [7, 11) is 0. The molecule has 0 N–H and O–H groups in total. The van der Waals surface area contributed by atoms with Crippen LogP contribution in [0.4, 0.5) is 0 Å². The van der Waals surface area contributed by atoms with E-state index in [0.29, 0.717) is 11.7 Å². The summed E-state index contributed by atoms with van der Waals surface area (Å²) in [5, 5.41) is 7.80. The molecule has 0 aliphatic carbocycles. The number of nitrogens with zero attached hydrogens (tertiary/aromatic N) is 3. The normalized spacial score (nSPS) is 19.0. The van der Waals surface area contributed by atoms with Crippen LogP contribution in [-0.4, -0.2) is 27.5 Å². The predicted molar refractivity (Wildman–Crippen MR) is 71.0 cm³/mol. The maximum absolute atomic E-state index is 12.4. The Hall–Kier alpha value is -1.69. The molecule has 0 radical (unpaired) electrons. The molecule has 3 rings (SSSR count). The minimum atomic E-state index is -0.0450. The van der Waals surface area contributed by atoms with Crippen LogP contribution in [0.1, 0.15) is 47.9 Å². The lowest BCUT2D eigenvalue weighted by Gasteiger charge is -2.21. The zero-order valence-electron chi connectivity index (χ0n) is 10.7. The lowest BCUT2D eigenvalue weighted by atomic mass is 10.2. The number of carbonyl (C=O) groups is 1. The van der Waals surface area contributed by atoms with Crippen molar-refractivity contribution < 1.29 is 9.32 Å². The molecule has 19 heavy (non-hydrogen) atoms. The van der Waals surface area contributed by atoms with Crippen LogP contribution in [0.2, 0.25) is 0 Å². The van der Waals surface area contributed by atoms with Gasteiger partial charge < -0.3 is 9.42 Å². The summed E-state index contributed by atoms with van der Waals surface area (Å²) in [6, 6.07) is 1.81. The fourth-order valence-electron chi connectivity index (χ4n) is 2.38. The first-order valence-corrected chi connectivity index (χ1v) is 7.39. The molecule has 0 unspecified atom stereocenters. The first kappa shape index (κ1) is 12.3. The van der Waals surface area contributed by atoms with Gasteiger partial charge in [0.15, 0.2) is 5.82 Å². The molecule has 0 bridgehead atoms. The van der Waals surface area contributed by atoms with Crippen LogP contribution in [0.5, 0.6) is 0 Å². The Balaban J connectivity index is 1.83. The molecule has 0 spiro atoms. The molecular formula is C13H15N3O2S. The fraction of sp³-hybridized carbons (Fsp3) is 0.462. The highest BCUT2D eigenvalue weighted by Crippen LogP contribution is 2.31. The fourth-order valence-corrected chi connectivity index (χ4v) is 3.01. The molecule has 6 heteroatoms. The Morgan fingerprint density at radius 2 is 2.53 bits per heavy atom. The summed E-state index contributed by atoms with van der Waals surface area (Å²) in [6.07, 6.45) is 2.60. The van der Waals surface area contributed by atoms with Gasteiger partial charge in [0.1, 0.15) is 0 Å². The Kier molecular flexibility index (Phi) is 3.33. The molecule has 2 aromatic heterocycles. The number of hydrogen-bond donors (Lipinski definition) is 0. The predicted octanol–water partition coefficient (Wildman–Crippen LogP) is 2.67. The Bertz CT molecular complexity index is 564. The Morgan fingerprint density at radius 3 is 3.21 bits per heavy atom. The van der Waals surface area contributed by atoms with Crippen LogP contribution in [0, 0.1) is 0 Å². The van der Waals surface area contributed by atoms with Crippen molar-refractivity contribution in [2.45, 2.75) is 32.2 Å². The van der Waals surface area contributed by atoms with E-state index in [9.17, 15) is 4.79 Å². The molecule has 1 saturated heterocycles. The highest BCUT2D eigenvalue weighted by atomic mass is 32.1. The third-order valence-electron chi connectivity index (χ3n) is 3.37. The van der Waals surface area contributed by atoms with Crippen LogP contribution < -0.4 is 0 Å². The highest BCUT2D eigenvalue weighted by molar-refractivity contribution is 7.08. The molecule has 1 aliphatic heterocycles. The van der Waals surface area contributed by atoms with Crippen molar-refractivity contribution in [1.29, 1.82) is 0 Å². The second-order valence-electron chi connectivity index (χ2n) is 4.57. The van der Waals surface area contributed by atoms with Crippen LogP contribution in [0.15, 0.2) is 21.3 Å². The first-order valence-electron chi connectivity index (χ1n) is 6.45. The molecule has 5 nitrogen and oxygen atoms in total. The van der Waals surface area contributed by atoms with Gasteiger partial charge in [-0.2, -0.15) is 16.3 Å². The van der Waals surface area contributed by atoms with Crippen LogP contribution in [0.25, 0.3) is 0 Å². The molecule has 1 amide bonds. The Labute approximate surface area is 115 Å². The topological polar surface area (TPSA) is 59.2 Å². The van der Waals surface area contributed by atoms with E-state index in [1.54, 1.807) is 0 Å². The number of amides is 1. The molecule has 2 aromatic rings. The largest absolute Gasteiger partial charge is 0.339 e. The van der Waals surface area contributed by atoms with Gasteiger partial charge in [0.05, 0.1) is 11.6 Å². The smallest absolute Gasteiger partial charge is 0.255 e. The maximum Gasteiger partial charge on any atom is 0.255 e. The monoisotopic (exact) mass is 277 g/mol. The third kappa shape index (κ3) is 2.28. The van der Waals surface area contributed by atoms with Crippen molar-refractivity contribution in [2.24, 2.45) is 0 Å². The SMILES string of the molecule is CCc1nc([C@H]2CCCN2C(=O)c2ccsc2)no1. The van der Waals surface area contributed by atoms with Gasteiger partial charge >= 0.3 is 0 Å². The van der Waals surface area contributed by atoms with Gasteiger partial charge in [0.2, 0.25) is 5.89 Å². The van der Waals surface area contributed by atoms with Crippen molar-refractivity contribution in [1.82, 2.24) is 15.0 Å². The molecule has 0 saturated carbocycles. The molecule has 1 fully saturated rings. The number of carbonyl (C=O) groups excluding carboxylic acids is 1. The second-order valence-corrected chi connectivity index (χ2v) is 5.35. The molecule has 1 aliphatic rings. The van der Waals surface area contributed by atoms with E-state index in [2.05, 4.69) is 10.1 Å². The maximum atomic E-state index is 12.4. The van der Waals surface area contributed by atoms with Gasteiger partial charge in [-0.3, -0.25) is 4.79 Å². The molecule has 0 aromatic carbocycles. The summed E-state index contributed by atoms with van der Waals surface area (Å²) < 4.78 is 5.15. The van der Waals surface area contributed by atoms with Gasteiger partial charge in [0.25, 0.3) is 5.91 Å². The number of likely N-dealkylation sites (tertiary alicyclic amines) is 1. The standard InChI is InChI=1S/C13H15N3O2S/c1-2-11-14-12(15-18-11)10-4-3-6-16(10)13(17)9-5-7-19-8-9/h5,7-8,10H,2-4,6H2,1H3/t10-/m1/s1. The average molecular weight is 277 g/mol. The van der Waals surface area contributed by atoms with E-state index in [4.69, 9.17) is 4.52 Å². The first-order chi connectivity index (χ1) is 9.29. The third-order valence-corrected chi connectivity index (χ3v) is 4.05. The van der Waals surface area contributed by atoms with Crippen molar-refractivity contribution >= 4 is 17.2 Å². The van der Waals surface area contributed by atoms with Crippen molar-refractivity contribution in [3.63, 3.8) is 0 Å². The summed E-state index contributed by atoms with van der Waals surface area (Å²) in [6.45, 7) is 2.73. The highest BCUT2D eigenvalue weighted by Gasteiger charge is 2.33. The molecule has 3 heterocycles. The van der Waals surface area contributed by atoms with Gasteiger partial charge in [-0.05, 0) is 24.3 Å². The molecule has 1 atom stereocenters. The van der Waals surface area contributed by atoms with Crippen LogP contribution in [-0.2, 0) is 6.42 Å². The minimum absolute atomic E-state index is 0.0450. The van der Waals surface area contributed by atoms with Gasteiger partial charge in [-0.1, -0.05) is 12.1 Å². The van der Waals surface area contributed by atoms with Gasteiger partial charge in [0, 0.05) is 18.3 Å². The quantitative estimate of drug-likeness (QED) is 0.865. The number of aromatic nitrogens is 2. The second kappa shape index (κ2) is 5.13. The summed E-state index contributed by atoms with van der Waals surface area (Å²) >= 11 is 1.53. The average Bonchev–Trinajstić information content (AvgIpc) is 3.16. The summed E-state index contributed by atoms with van der Waals surface area (Å²) in [5.74, 6) is 1.33. The van der Waals surface area contributed by atoms with E-state index in [1.807, 2.05) is 28.7 Å². The lowest BCUT2D eigenvalue weighted by molar-refractivity contribution is 0.0729. The summed E-state index contributed by atoms with van der Waals surface area (Å²) in [4.78, 5) is 18.6. The van der Waals surface area contributed by atoms with Gasteiger partial charge in [-0.25, -0.2) is 0 Å².